The minimum absolute atomic E-state index is 0.0556. The van der Waals surface area contributed by atoms with E-state index in [1.807, 2.05) is 4.72 Å². The summed E-state index contributed by atoms with van der Waals surface area (Å²) in [6, 6.07) is 8.69. The third kappa shape index (κ3) is 6.21. The van der Waals surface area contributed by atoms with Crippen LogP contribution in [0.2, 0.25) is 5.02 Å². The number of carbonyl (C=O) groups is 1. The zero-order valence-electron chi connectivity index (χ0n) is 19.0. The topological polar surface area (TPSA) is 84.5 Å². The van der Waals surface area contributed by atoms with Gasteiger partial charge < -0.3 is 10.1 Å². The summed E-state index contributed by atoms with van der Waals surface area (Å²) in [5.74, 6) is -1.43. The number of hydrogen-bond acceptors (Lipinski definition) is 5. The van der Waals surface area contributed by atoms with Gasteiger partial charge in [-0.1, -0.05) is 43.7 Å². The van der Waals surface area contributed by atoms with Crippen molar-refractivity contribution in [2.45, 2.75) is 68.7 Å². The van der Waals surface area contributed by atoms with Gasteiger partial charge >= 0.3 is 0 Å². The Labute approximate surface area is 205 Å². The third-order valence-corrected chi connectivity index (χ3v) is 8.23. The SMILES string of the molecule is O=C(NS(=O)(=O)c1ccc(NC2CCCCC2)cc1)c1cc(Cl)c(OCC2CCCC2)cc1F. The molecule has 0 heterocycles. The molecule has 2 aromatic rings. The van der Waals surface area contributed by atoms with Gasteiger partial charge in [0.2, 0.25) is 0 Å². The number of hydrogen-bond donors (Lipinski definition) is 2. The van der Waals surface area contributed by atoms with Crippen molar-refractivity contribution in [3.05, 3.63) is 52.8 Å². The summed E-state index contributed by atoms with van der Waals surface area (Å²) < 4.78 is 47.6. The molecule has 34 heavy (non-hydrogen) atoms. The number of carbonyl (C=O) groups excluding carboxylic acids is 1. The smallest absolute Gasteiger partial charge is 0.268 e. The molecule has 0 atom stereocenters. The van der Waals surface area contributed by atoms with Crippen molar-refractivity contribution < 1.29 is 22.3 Å². The van der Waals surface area contributed by atoms with Crippen LogP contribution in [-0.2, 0) is 10.0 Å². The van der Waals surface area contributed by atoms with Crippen molar-refractivity contribution in [1.82, 2.24) is 4.72 Å². The van der Waals surface area contributed by atoms with E-state index in [9.17, 15) is 17.6 Å². The highest BCUT2D eigenvalue weighted by Crippen LogP contribution is 2.31. The number of halogens is 2. The second-order valence-corrected chi connectivity index (χ2v) is 11.3. The molecule has 0 unspecified atom stereocenters. The Morgan fingerprint density at radius 3 is 2.32 bits per heavy atom. The van der Waals surface area contributed by atoms with E-state index in [0.717, 1.165) is 56.3 Å². The van der Waals surface area contributed by atoms with E-state index in [1.165, 1.54) is 31.4 Å². The second kappa shape index (κ2) is 11.0. The molecule has 4 rings (SSSR count). The normalized spacial score (nSPS) is 17.5. The standard InChI is InChI=1S/C25H30ClFN2O4S/c26-22-14-21(23(27)15-24(22)33-16-17-6-4-5-7-17)25(30)29-34(31,32)20-12-10-19(11-13-20)28-18-8-2-1-3-9-18/h10-15,17-18,28H,1-9,16H2,(H,29,30). The van der Waals surface area contributed by atoms with Gasteiger partial charge in [-0.05, 0) is 61.9 Å². The molecule has 2 N–H and O–H groups in total. The lowest BCUT2D eigenvalue weighted by molar-refractivity contribution is 0.0977. The van der Waals surface area contributed by atoms with Gasteiger partial charge in [0.15, 0.2) is 0 Å². The van der Waals surface area contributed by atoms with E-state index in [-0.39, 0.29) is 15.7 Å². The van der Waals surface area contributed by atoms with Crippen LogP contribution < -0.4 is 14.8 Å². The zero-order valence-corrected chi connectivity index (χ0v) is 20.6. The van der Waals surface area contributed by atoms with Crippen LogP contribution in [0.4, 0.5) is 10.1 Å². The first-order chi connectivity index (χ1) is 16.3. The maximum Gasteiger partial charge on any atom is 0.268 e. The van der Waals surface area contributed by atoms with Gasteiger partial charge in [-0.2, -0.15) is 0 Å². The quantitative estimate of drug-likeness (QED) is 0.463. The Morgan fingerprint density at radius 2 is 1.65 bits per heavy atom. The van der Waals surface area contributed by atoms with Crippen molar-refractivity contribution in [3.8, 4) is 5.75 Å². The molecule has 0 saturated heterocycles. The van der Waals surface area contributed by atoms with Crippen molar-refractivity contribution in [2.75, 3.05) is 11.9 Å². The van der Waals surface area contributed by atoms with E-state index < -0.39 is 27.3 Å². The van der Waals surface area contributed by atoms with Gasteiger partial charge in [0, 0.05) is 17.8 Å². The van der Waals surface area contributed by atoms with Crippen LogP contribution in [0.5, 0.6) is 5.75 Å². The van der Waals surface area contributed by atoms with Gasteiger partial charge in [0.05, 0.1) is 22.1 Å². The van der Waals surface area contributed by atoms with Gasteiger partial charge in [-0.15, -0.1) is 0 Å². The number of anilines is 1. The molecular weight excluding hydrogens is 479 g/mol. The number of nitrogens with one attached hydrogen (secondary N) is 2. The lowest BCUT2D eigenvalue weighted by Gasteiger charge is -2.23. The summed E-state index contributed by atoms with van der Waals surface area (Å²) in [5.41, 5.74) is 0.362. The summed E-state index contributed by atoms with van der Waals surface area (Å²) in [5, 5.41) is 3.47. The highest BCUT2D eigenvalue weighted by molar-refractivity contribution is 7.90. The van der Waals surface area contributed by atoms with E-state index in [4.69, 9.17) is 16.3 Å². The number of sulfonamides is 1. The predicted octanol–water partition coefficient (Wildman–Crippen LogP) is 5.91. The minimum Gasteiger partial charge on any atom is -0.492 e. The van der Waals surface area contributed by atoms with E-state index in [0.29, 0.717) is 18.6 Å². The molecule has 1 amide bonds. The molecule has 9 heteroatoms. The summed E-state index contributed by atoms with van der Waals surface area (Å²) in [6.45, 7) is 0.435. The van der Waals surface area contributed by atoms with Crippen molar-refractivity contribution >= 4 is 33.2 Å². The zero-order chi connectivity index (χ0) is 24.1. The summed E-state index contributed by atoms with van der Waals surface area (Å²) >= 11 is 6.19. The van der Waals surface area contributed by atoms with Crippen LogP contribution in [-0.4, -0.2) is 27.0 Å². The van der Waals surface area contributed by atoms with Crippen LogP contribution in [0, 0.1) is 11.7 Å². The molecule has 0 bridgehead atoms. The monoisotopic (exact) mass is 508 g/mol. The van der Waals surface area contributed by atoms with Crippen LogP contribution in [0.3, 0.4) is 0 Å². The molecular formula is C25H30ClFN2O4S. The molecule has 0 aromatic heterocycles. The van der Waals surface area contributed by atoms with Gasteiger partial charge in [-0.3, -0.25) is 4.79 Å². The maximum absolute atomic E-state index is 14.6. The van der Waals surface area contributed by atoms with Crippen LogP contribution >= 0.6 is 11.6 Å². The van der Waals surface area contributed by atoms with Gasteiger partial charge in [0.25, 0.3) is 15.9 Å². The summed E-state index contributed by atoms with van der Waals surface area (Å²) in [6.07, 6.45) is 10.2. The van der Waals surface area contributed by atoms with E-state index in [2.05, 4.69) is 5.32 Å². The molecule has 2 fully saturated rings. The third-order valence-electron chi connectivity index (χ3n) is 6.58. The Hall–Kier alpha value is -2.32. The largest absolute Gasteiger partial charge is 0.492 e. The minimum atomic E-state index is -4.19. The highest BCUT2D eigenvalue weighted by atomic mass is 35.5. The lowest BCUT2D eigenvalue weighted by Crippen LogP contribution is -2.31. The first kappa shape index (κ1) is 24.8. The molecule has 2 aliphatic rings. The Morgan fingerprint density at radius 1 is 1.00 bits per heavy atom. The molecule has 2 aliphatic carbocycles. The second-order valence-electron chi connectivity index (χ2n) is 9.16. The highest BCUT2D eigenvalue weighted by Gasteiger charge is 2.24. The van der Waals surface area contributed by atoms with E-state index in [1.54, 1.807) is 12.1 Å². The molecule has 0 radical (unpaired) electrons. The fourth-order valence-corrected chi connectivity index (χ4v) is 5.83. The first-order valence-corrected chi connectivity index (χ1v) is 13.7. The molecule has 0 aliphatic heterocycles. The molecule has 6 nitrogen and oxygen atoms in total. The Kier molecular flexibility index (Phi) is 7.99. The van der Waals surface area contributed by atoms with Crippen LogP contribution in [0.25, 0.3) is 0 Å². The maximum atomic E-state index is 14.6. The average molecular weight is 509 g/mol. The summed E-state index contributed by atoms with van der Waals surface area (Å²) in [7, 11) is -4.19. The van der Waals surface area contributed by atoms with Crippen molar-refractivity contribution in [2.24, 2.45) is 5.92 Å². The first-order valence-electron chi connectivity index (χ1n) is 11.9. The van der Waals surface area contributed by atoms with Gasteiger partial charge in [-0.25, -0.2) is 17.5 Å². The molecule has 2 saturated carbocycles. The summed E-state index contributed by atoms with van der Waals surface area (Å²) in [4.78, 5) is 12.5. The number of ether oxygens (including phenoxy) is 1. The number of amides is 1. The predicted molar refractivity (Wildman–Crippen MR) is 130 cm³/mol. The van der Waals surface area contributed by atoms with Crippen molar-refractivity contribution in [1.29, 1.82) is 0 Å². The number of rotatable bonds is 8. The Balaban J connectivity index is 1.40. The fraction of sp³-hybridized carbons (Fsp3) is 0.480. The van der Waals surface area contributed by atoms with E-state index >= 15 is 0 Å². The Bertz CT molecular complexity index is 1110. The molecule has 184 valence electrons. The van der Waals surface area contributed by atoms with Crippen molar-refractivity contribution in [3.63, 3.8) is 0 Å². The average Bonchev–Trinajstić information content (AvgIpc) is 3.34. The van der Waals surface area contributed by atoms with Gasteiger partial charge in [0.1, 0.15) is 11.6 Å². The molecule has 0 spiro atoms. The molecule has 2 aromatic carbocycles. The number of benzene rings is 2. The van der Waals surface area contributed by atoms with Crippen LogP contribution in [0.1, 0.15) is 68.1 Å². The lowest BCUT2D eigenvalue weighted by atomic mass is 9.95. The fourth-order valence-electron chi connectivity index (χ4n) is 4.65. The van der Waals surface area contributed by atoms with Crippen LogP contribution in [0.15, 0.2) is 41.3 Å².